The van der Waals surface area contributed by atoms with Gasteiger partial charge in [-0.1, -0.05) is 81.5 Å². The molecule has 1 aliphatic carbocycles. The van der Waals surface area contributed by atoms with Gasteiger partial charge < -0.3 is 14.7 Å². The second-order valence-electron chi connectivity index (χ2n) is 12.2. The molecule has 0 aromatic carbocycles. The average Bonchev–Trinajstić information content (AvgIpc) is 3.71. The normalized spacial score (nSPS) is 17.2. The summed E-state index contributed by atoms with van der Waals surface area (Å²) in [5.41, 5.74) is 9.82. The van der Waals surface area contributed by atoms with E-state index < -0.39 is 15.6 Å². The Labute approximate surface area is 267 Å². The highest BCUT2D eigenvalue weighted by molar-refractivity contribution is 7.60. The fourth-order valence-electron chi connectivity index (χ4n) is 4.56. The molecule has 7 nitrogen and oxygen atoms in total. The molecule has 1 saturated carbocycles. The molecule has 1 fully saturated rings. The Morgan fingerprint density at radius 1 is 0.568 bits per heavy atom. The standard InChI is InChI=1S/C35H58O7P2/c1-29(15-8-16-31(3)19-10-20-33(5)23-12-24-35-25-26-35)13-7-14-30(2)17-9-18-32(4)21-11-22-34(6)27-28-41-44(39,40)42-43(36,37)38/h13,16-17,20-21,24,27H,7-12,14-15,18-19,22-23,25-26,28H2,1-6H3,(H,39,40)(H2,36,37,38)/b29-13+,30-17+,31-16+,32-21+,33-20+,34-27+. The summed E-state index contributed by atoms with van der Waals surface area (Å²) < 4.78 is 30.5. The van der Waals surface area contributed by atoms with Crippen molar-refractivity contribution in [1.29, 1.82) is 0 Å². The first-order chi connectivity index (χ1) is 20.6. The Hall–Kier alpha value is -1.56. The summed E-state index contributed by atoms with van der Waals surface area (Å²) in [6.45, 7) is 12.7. The highest BCUT2D eigenvalue weighted by atomic mass is 31.3. The van der Waals surface area contributed by atoms with Crippen molar-refractivity contribution in [3.8, 4) is 0 Å². The molecule has 1 rings (SSSR count). The van der Waals surface area contributed by atoms with Gasteiger partial charge in [0.05, 0.1) is 6.61 Å². The van der Waals surface area contributed by atoms with E-state index in [0.717, 1.165) is 69.8 Å². The highest BCUT2D eigenvalue weighted by Crippen LogP contribution is 2.57. The van der Waals surface area contributed by atoms with Crippen LogP contribution in [0, 0.1) is 0 Å². The van der Waals surface area contributed by atoms with Crippen LogP contribution >= 0.6 is 15.6 Å². The fourth-order valence-corrected chi connectivity index (χ4v) is 6.08. The third kappa shape index (κ3) is 24.7. The van der Waals surface area contributed by atoms with E-state index in [1.807, 2.05) is 6.92 Å². The topological polar surface area (TPSA) is 113 Å². The van der Waals surface area contributed by atoms with Crippen molar-refractivity contribution in [2.24, 2.45) is 0 Å². The lowest BCUT2D eigenvalue weighted by Gasteiger charge is -2.11. The van der Waals surface area contributed by atoms with E-state index in [-0.39, 0.29) is 6.61 Å². The summed E-state index contributed by atoms with van der Waals surface area (Å²) in [6.07, 6.45) is 31.2. The second-order valence-corrected chi connectivity index (χ2v) is 15.1. The summed E-state index contributed by atoms with van der Waals surface area (Å²) in [5.74, 6) is 0. The number of rotatable bonds is 23. The van der Waals surface area contributed by atoms with Crippen LogP contribution in [-0.2, 0) is 18.0 Å². The molecule has 1 atom stereocenters. The average molecular weight is 653 g/mol. The summed E-state index contributed by atoms with van der Waals surface area (Å²) >= 11 is 0. The monoisotopic (exact) mass is 652 g/mol. The lowest BCUT2D eigenvalue weighted by atomic mass is 10.0. The maximum absolute atomic E-state index is 11.5. The molecule has 3 N–H and O–H groups in total. The van der Waals surface area contributed by atoms with Gasteiger partial charge in [0, 0.05) is 0 Å². The molecule has 0 aromatic heterocycles. The van der Waals surface area contributed by atoms with E-state index in [1.165, 1.54) is 53.5 Å². The van der Waals surface area contributed by atoms with E-state index in [9.17, 15) is 14.0 Å². The number of phosphoric acid groups is 2. The first-order valence-electron chi connectivity index (χ1n) is 16.0. The van der Waals surface area contributed by atoms with Crippen LogP contribution in [-0.4, -0.2) is 21.3 Å². The summed E-state index contributed by atoms with van der Waals surface area (Å²) in [7, 11) is -9.89. The number of allylic oxidation sites excluding steroid dienone is 13. The Morgan fingerprint density at radius 3 is 1.20 bits per heavy atom. The van der Waals surface area contributed by atoms with Gasteiger partial charge in [0.2, 0.25) is 0 Å². The zero-order chi connectivity index (χ0) is 33.0. The number of hydrogen-bond donors (Lipinski definition) is 3. The molecular formula is C35H58O7P2. The van der Waals surface area contributed by atoms with E-state index in [4.69, 9.17) is 9.79 Å². The van der Waals surface area contributed by atoms with Crippen molar-refractivity contribution in [2.45, 2.75) is 131 Å². The van der Waals surface area contributed by atoms with Crippen LogP contribution < -0.4 is 0 Å². The van der Waals surface area contributed by atoms with Gasteiger partial charge in [-0.2, -0.15) is 4.31 Å². The van der Waals surface area contributed by atoms with Crippen molar-refractivity contribution in [3.63, 3.8) is 0 Å². The third-order valence-corrected chi connectivity index (χ3v) is 9.70. The molecule has 250 valence electrons. The van der Waals surface area contributed by atoms with Crippen molar-refractivity contribution in [3.05, 3.63) is 81.5 Å². The van der Waals surface area contributed by atoms with Gasteiger partial charge in [-0.15, -0.1) is 0 Å². The predicted octanol–water partition coefficient (Wildman–Crippen LogP) is 11.3. The lowest BCUT2D eigenvalue weighted by molar-refractivity contribution is 0.191. The van der Waals surface area contributed by atoms with E-state index in [0.29, 0.717) is 0 Å². The quantitative estimate of drug-likeness (QED) is 0.0743. The molecule has 1 aliphatic rings. The van der Waals surface area contributed by atoms with Crippen molar-refractivity contribution >= 4 is 15.6 Å². The van der Waals surface area contributed by atoms with Crippen LogP contribution in [0.4, 0.5) is 0 Å². The fraction of sp³-hybridized carbons (Fsp3) is 0.600. The van der Waals surface area contributed by atoms with Gasteiger partial charge in [0.15, 0.2) is 0 Å². The van der Waals surface area contributed by atoms with Crippen LogP contribution in [0.3, 0.4) is 0 Å². The molecule has 0 heterocycles. The molecule has 9 heteroatoms. The van der Waals surface area contributed by atoms with Crippen molar-refractivity contribution in [1.82, 2.24) is 0 Å². The van der Waals surface area contributed by atoms with E-state index in [2.05, 4.69) is 79.9 Å². The first-order valence-corrected chi connectivity index (χ1v) is 19.0. The molecule has 0 bridgehead atoms. The Bertz CT molecular complexity index is 1190. The molecule has 0 radical (unpaired) electrons. The zero-order valence-electron chi connectivity index (χ0n) is 28.0. The van der Waals surface area contributed by atoms with Gasteiger partial charge in [0.1, 0.15) is 0 Å². The van der Waals surface area contributed by atoms with Crippen LogP contribution in [0.2, 0.25) is 0 Å². The molecular weight excluding hydrogens is 594 g/mol. The van der Waals surface area contributed by atoms with Gasteiger partial charge in [-0.3, -0.25) is 4.52 Å². The zero-order valence-corrected chi connectivity index (χ0v) is 29.8. The Kier molecular flexibility index (Phi) is 20.3. The minimum atomic E-state index is -5.10. The second kappa shape index (κ2) is 22.0. The van der Waals surface area contributed by atoms with Gasteiger partial charge in [-0.05, 0) is 131 Å². The molecule has 0 spiro atoms. The number of hydrogen-bond acceptors (Lipinski definition) is 4. The molecule has 0 aromatic rings. The summed E-state index contributed by atoms with van der Waals surface area (Å²) in [6, 6.07) is 0. The van der Waals surface area contributed by atoms with Crippen LogP contribution in [0.15, 0.2) is 81.5 Å². The van der Waals surface area contributed by atoms with Crippen molar-refractivity contribution < 1.29 is 32.6 Å². The minimum Gasteiger partial charge on any atom is -0.302 e. The van der Waals surface area contributed by atoms with Gasteiger partial charge in [-0.25, -0.2) is 9.13 Å². The molecule has 44 heavy (non-hydrogen) atoms. The molecule has 0 aliphatic heterocycles. The highest BCUT2D eigenvalue weighted by Gasteiger charge is 2.31. The van der Waals surface area contributed by atoms with Crippen LogP contribution in [0.5, 0.6) is 0 Å². The smallest absolute Gasteiger partial charge is 0.302 e. The molecule has 0 amide bonds. The summed E-state index contributed by atoms with van der Waals surface area (Å²) in [4.78, 5) is 26.5. The largest absolute Gasteiger partial charge is 0.481 e. The first kappa shape index (κ1) is 40.5. The summed E-state index contributed by atoms with van der Waals surface area (Å²) in [5, 5.41) is 0. The van der Waals surface area contributed by atoms with E-state index in [1.54, 1.807) is 11.6 Å². The van der Waals surface area contributed by atoms with Crippen LogP contribution in [0.1, 0.15) is 131 Å². The maximum atomic E-state index is 11.5. The third-order valence-electron chi connectivity index (χ3n) is 7.55. The van der Waals surface area contributed by atoms with E-state index >= 15 is 0 Å². The van der Waals surface area contributed by atoms with Crippen molar-refractivity contribution in [2.75, 3.05) is 6.61 Å². The Morgan fingerprint density at radius 2 is 0.886 bits per heavy atom. The van der Waals surface area contributed by atoms with Gasteiger partial charge >= 0.3 is 15.6 Å². The van der Waals surface area contributed by atoms with Crippen LogP contribution in [0.25, 0.3) is 0 Å². The lowest BCUT2D eigenvalue weighted by Crippen LogP contribution is -1.94. The predicted molar refractivity (Wildman–Crippen MR) is 184 cm³/mol. The maximum Gasteiger partial charge on any atom is 0.481 e. The van der Waals surface area contributed by atoms with Gasteiger partial charge in [0.25, 0.3) is 0 Å². The Balaban J connectivity index is 2.21. The molecule has 0 saturated heterocycles. The molecule has 1 unspecified atom stereocenters. The number of phosphoric ester groups is 1. The minimum absolute atomic E-state index is 0.269. The SMILES string of the molecule is C/C(=C\CC/C(C)=C/CC/C(C)=C/CC/C(C)=C/CC/C(C)=C/CC/C(C)=C/COP(=O)(O)OP(=O)(O)O)CCC=C1CC1.